The zero-order chi connectivity index (χ0) is 18.9. The summed E-state index contributed by atoms with van der Waals surface area (Å²) >= 11 is 0. The summed E-state index contributed by atoms with van der Waals surface area (Å²) in [5, 5.41) is 11.2. The summed E-state index contributed by atoms with van der Waals surface area (Å²) in [7, 11) is 0. The standard InChI is InChI=1S/C18H13F3N2O3/c1-11-14(23(24)25)6-7-16(17(11)12-8-9-22-10-12)26-15-5-3-2-4-13(15)18(19,20)21/h2-10,22H,1H3. The summed E-state index contributed by atoms with van der Waals surface area (Å²) in [6.07, 6.45) is -1.38. The summed E-state index contributed by atoms with van der Waals surface area (Å²) in [6, 6.07) is 9.01. The molecule has 0 aliphatic carbocycles. The molecule has 0 saturated carbocycles. The Morgan fingerprint density at radius 3 is 2.42 bits per heavy atom. The van der Waals surface area contributed by atoms with Crippen LogP contribution < -0.4 is 4.74 Å². The number of ether oxygens (including phenoxy) is 1. The lowest BCUT2D eigenvalue weighted by Crippen LogP contribution is -2.07. The molecule has 0 amide bonds. The molecule has 0 aliphatic heterocycles. The van der Waals surface area contributed by atoms with Crippen molar-refractivity contribution < 1.29 is 22.8 Å². The monoisotopic (exact) mass is 362 g/mol. The molecule has 3 aromatic rings. The molecule has 0 aliphatic rings. The van der Waals surface area contributed by atoms with Crippen molar-refractivity contribution in [3.63, 3.8) is 0 Å². The number of benzene rings is 2. The predicted molar refractivity (Wildman–Crippen MR) is 89.1 cm³/mol. The number of halogens is 3. The maximum absolute atomic E-state index is 13.2. The smallest absolute Gasteiger partial charge is 0.419 e. The van der Waals surface area contributed by atoms with E-state index in [9.17, 15) is 23.3 Å². The number of alkyl halides is 3. The summed E-state index contributed by atoms with van der Waals surface area (Å²) in [5.41, 5.74) is 0.174. The van der Waals surface area contributed by atoms with E-state index in [0.717, 1.165) is 6.07 Å². The SMILES string of the molecule is Cc1c([N+](=O)[O-])ccc(Oc2ccccc2C(F)(F)F)c1-c1cc[nH]c1. The summed E-state index contributed by atoms with van der Waals surface area (Å²) in [6.45, 7) is 1.53. The summed E-state index contributed by atoms with van der Waals surface area (Å²) in [5.74, 6) is -0.269. The molecule has 5 nitrogen and oxygen atoms in total. The third kappa shape index (κ3) is 3.26. The highest BCUT2D eigenvalue weighted by atomic mass is 19.4. The van der Waals surface area contributed by atoms with Crippen LogP contribution in [0.1, 0.15) is 11.1 Å². The van der Waals surface area contributed by atoms with Crippen molar-refractivity contribution in [1.29, 1.82) is 0 Å². The van der Waals surface area contributed by atoms with Gasteiger partial charge in [-0.05, 0) is 31.2 Å². The van der Waals surface area contributed by atoms with Crippen LogP contribution in [0.3, 0.4) is 0 Å². The van der Waals surface area contributed by atoms with E-state index in [1.54, 1.807) is 18.5 Å². The molecular weight excluding hydrogens is 349 g/mol. The molecule has 0 spiro atoms. The molecule has 8 heteroatoms. The highest BCUT2D eigenvalue weighted by molar-refractivity contribution is 5.77. The Labute approximate surface area is 146 Å². The zero-order valence-electron chi connectivity index (χ0n) is 13.5. The molecule has 0 fully saturated rings. The molecule has 26 heavy (non-hydrogen) atoms. The Morgan fingerprint density at radius 2 is 1.81 bits per heavy atom. The van der Waals surface area contributed by atoms with Crippen LogP contribution in [0.15, 0.2) is 54.9 Å². The van der Waals surface area contributed by atoms with Crippen LogP contribution in [0, 0.1) is 17.0 Å². The Bertz CT molecular complexity index is 951. The van der Waals surface area contributed by atoms with Gasteiger partial charge in [-0.3, -0.25) is 10.1 Å². The molecule has 0 saturated heterocycles. The molecule has 2 aromatic carbocycles. The van der Waals surface area contributed by atoms with Crippen LogP contribution in [0.5, 0.6) is 11.5 Å². The fourth-order valence-corrected chi connectivity index (χ4v) is 2.71. The number of nitrogens with one attached hydrogen (secondary N) is 1. The topological polar surface area (TPSA) is 68.2 Å². The van der Waals surface area contributed by atoms with Gasteiger partial charge < -0.3 is 9.72 Å². The number of hydrogen-bond donors (Lipinski definition) is 1. The van der Waals surface area contributed by atoms with Gasteiger partial charge >= 0.3 is 6.18 Å². The van der Waals surface area contributed by atoms with Crippen molar-refractivity contribution in [2.45, 2.75) is 13.1 Å². The number of aromatic amines is 1. The highest BCUT2D eigenvalue weighted by Crippen LogP contribution is 2.43. The van der Waals surface area contributed by atoms with Gasteiger partial charge in [0.15, 0.2) is 0 Å². The molecule has 0 radical (unpaired) electrons. The van der Waals surface area contributed by atoms with Gasteiger partial charge in [0.2, 0.25) is 0 Å². The van der Waals surface area contributed by atoms with E-state index >= 15 is 0 Å². The van der Waals surface area contributed by atoms with Crippen molar-refractivity contribution in [1.82, 2.24) is 4.98 Å². The number of H-pyrrole nitrogens is 1. The molecular formula is C18H13F3N2O3. The van der Waals surface area contributed by atoms with E-state index < -0.39 is 16.7 Å². The minimum Gasteiger partial charge on any atom is -0.456 e. The van der Waals surface area contributed by atoms with Crippen molar-refractivity contribution in [2.24, 2.45) is 0 Å². The van der Waals surface area contributed by atoms with Crippen molar-refractivity contribution in [3.8, 4) is 22.6 Å². The largest absolute Gasteiger partial charge is 0.456 e. The number of nitro groups is 1. The Kier molecular flexibility index (Phi) is 4.41. The maximum Gasteiger partial charge on any atom is 0.419 e. The first-order valence-corrected chi connectivity index (χ1v) is 7.54. The predicted octanol–water partition coefficient (Wildman–Crippen LogP) is 5.71. The van der Waals surface area contributed by atoms with Gasteiger partial charge in [-0.2, -0.15) is 13.2 Å². The van der Waals surface area contributed by atoms with Crippen LogP contribution in [0.4, 0.5) is 18.9 Å². The quantitative estimate of drug-likeness (QED) is 0.477. The van der Waals surface area contributed by atoms with E-state index in [0.29, 0.717) is 16.7 Å². The van der Waals surface area contributed by atoms with Crippen molar-refractivity contribution in [3.05, 3.63) is 76.1 Å². The second kappa shape index (κ2) is 6.55. The number of nitro benzene ring substituents is 1. The molecule has 1 heterocycles. The molecule has 0 unspecified atom stereocenters. The maximum atomic E-state index is 13.2. The molecule has 3 rings (SSSR count). The van der Waals surface area contributed by atoms with E-state index in [1.165, 1.54) is 37.3 Å². The van der Waals surface area contributed by atoms with Crippen LogP contribution >= 0.6 is 0 Å². The molecule has 1 aromatic heterocycles. The molecule has 0 bridgehead atoms. The number of hydrogen-bond acceptors (Lipinski definition) is 3. The summed E-state index contributed by atoms with van der Waals surface area (Å²) in [4.78, 5) is 13.5. The van der Waals surface area contributed by atoms with Crippen LogP contribution in [-0.4, -0.2) is 9.91 Å². The van der Waals surface area contributed by atoms with Gasteiger partial charge in [0.05, 0.1) is 10.5 Å². The minimum atomic E-state index is -4.58. The fraction of sp³-hybridized carbons (Fsp3) is 0.111. The van der Waals surface area contributed by atoms with Gasteiger partial charge in [-0.15, -0.1) is 0 Å². The highest BCUT2D eigenvalue weighted by Gasteiger charge is 2.34. The zero-order valence-corrected chi connectivity index (χ0v) is 13.5. The van der Waals surface area contributed by atoms with Crippen LogP contribution in [0.2, 0.25) is 0 Å². The molecule has 134 valence electrons. The Morgan fingerprint density at radius 1 is 1.08 bits per heavy atom. The number of rotatable bonds is 4. The van der Waals surface area contributed by atoms with Gasteiger partial charge in [-0.1, -0.05) is 12.1 Å². The van der Waals surface area contributed by atoms with Gasteiger partial charge in [-0.25, -0.2) is 0 Å². The van der Waals surface area contributed by atoms with Crippen LogP contribution in [0.25, 0.3) is 11.1 Å². The van der Waals surface area contributed by atoms with Crippen LogP contribution in [-0.2, 0) is 6.18 Å². The van der Waals surface area contributed by atoms with E-state index in [1.807, 2.05) is 0 Å². The summed E-state index contributed by atoms with van der Waals surface area (Å²) < 4.78 is 45.1. The third-order valence-electron chi connectivity index (χ3n) is 3.89. The third-order valence-corrected chi connectivity index (χ3v) is 3.89. The molecule has 1 N–H and O–H groups in total. The van der Waals surface area contributed by atoms with Gasteiger partial charge in [0, 0.05) is 35.2 Å². The van der Waals surface area contributed by atoms with E-state index in [-0.39, 0.29) is 17.2 Å². The van der Waals surface area contributed by atoms with Gasteiger partial charge in [0.25, 0.3) is 5.69 Å². The minimum absolute atomic E-state index is 0.101. The van der Waals surface area contributed by atoms with Crippen molar-refractivity contribution in [2.75, 3.05) is 0 Å². The average molecular weight is 362 g/mol. The van der Waals surface area contributed by atoms with E-state index in [4.69, 9.17) is 4.74 Å². The first-order valence-electron chi connectivity index (χ1n) is 7.54. The first-order chi connectivity index (χ1) is 12.3. The van der Waals surface area contributed by atoms with Gasteiger partial charge in [0.1, 0.15) is 11.5 Å². The van der Waals surface area contributed by atoms with E-state index in [2.05, 4.69) is 4.98 Å². The second-order valence-electron chi connectivity index (χ2n) is 5.54. The van der Waals surface area contributed by atoms with Crippen molar-refractivity contribution >= 4 is 5.69 Å². The lowest BCUT2D eigenvalue weighted by atomic mass is 10.00. The molecule has 0 atom stereocenters. The Hall–Kier alpha value is -3.29. The first kappa shape index (κ1) is 17.5. The average Bonchev–Trinajstić information content (AvgIpc) is 3.08. The lowest BCUT2D eigenvalue weighted by Gasteiger charge is -2.16. The lowest BCUT2D eigenvalue weighted by molar-refractivity contribution is -0.385. The normalized spacial score (nSPS) is 11.4. The number of aromatic nitrogens is 1. The fourth-order valence-electron chi connectivity index (χ4n) is 2.71. The number of nitrogens with zero attached hydrogens (tertiary/aromatic N) is 1. The number of para-hydroxylation sites is 1. The Balaban J connectivity index is 2.16. The second-order valence-corrected chi connectivity index (χ2v) is 5.54.